The molecule has 4 rings (SSSR count). The molecule has 0 aliphatic heterocycles. The average Bonchev–Trinajstić information content (AvgIpc) is 3.33. The number of ether oxygens (including phenoxy) is 2. The van der Waals surface area contributed by atoms with Crippen molar-refractivity contribution in [2.75, 3.05) is 14.2 Å². The number of methoxy groups -OCH3 is 2. The molecule has 0 spiro atoms. The second-order valence-corrected chi connectivity index (χ2v) is 8.47. The lowest BCUT2D eigenvalue weighted by Gasteiger charge is -2.11. The summed E-state index contributed by atoms with van der Waals surface area (Å²) in [4.78, 5) is 12.5. The lowest BCUT2D eigenvalue weighted by atomic mass is 10.2. The van der Waals surface area contributed by atoms with Gasteiger partial charge in [0.25, 0.3) is 0 Å². The molecule has 0 bridgehead atoms. The second-order valence-electron chi connectivity index (χ2n) is 7.53. The van der Waals surface area contributed by atoms with Gasteiger partial charge in [0.15, 0.2) is 11.0 Å². The zero-order valence-electron chi connectivity index (χ0n) is 19.5. The molecule has 1 amide bonds. The van der Waals surface area contributed by atoms with Gasteiger partial charge >= 0.3 is 0 Å². The van der Waals surface area contributed by atoms with E-state index < -0.39 is 0 Å². The average molecular weight is 487 g/mol. The molecular weight excluding hydrogens is 460 g/mol. The Morgan fingerprint density at radius 3 is 2.23 bits per heavy atom. The van der Waals surface area contributed by atoms with Crippen molar-refractivity contribution in [3.05, 3.63) is 102 Å². The number of rotatable bonds is 10. The number of hydrogen-bond acceptors (Lipinski definition) is 6. The fraction of sp³-hybridized carbons (Fsp3) is 0.148. The quantitative estimate of drug-likeness (QED) is 0.254. The molecule has 1 heterocycles. The van der Waals surface area contributed by atoms with E-state index in [-0.39, 0.29) is 12.5 Å². The molecule has 178 valence electrons. The topological polar surface area (TPSA) is 78.3 Å². The first kappa shape index (κ1) is 24.1. The fourth-order valence-corrected chi connectivity index (χ4v) is 4.26. The summed E-state index contributed by atoms with van der Waals surface area (Å²) in [6, 6.07) is 25.3. The maximum Gasteiger partial charge on any atom is 0.244 e. The molecule has 4 aromatic rings. The SMILES string of the molecule is COc1ccc(/C=C/C(=O)NCc2nnc(SCc3ccccc3)n2-c2ccc(OC)cc2)cc1. The van der Waals surface area contributed by atoms with Gasteiger partial charge in [-0.2, -0.15) is 0 Å². The normalized spacial score (nSPS) is 10.9. The predicted molar refractivity (Wildman–Crippen MR) is 138 cm³/mol. The number of carbonyl (C=O) groups is 1. The molecule has 0 radical (unpaired) electrons. The van der Waals surface area contributed by atoms with E-state index in [2.05, 4.69) is 27.6 Å². The van der Waals surface area contributed by atoms with E-state index in [1.807, 2.05) is 71.3 Å². The van der Waals surface area contributed by atoms with Crippen molar-refractivity contribution in [1.82, 2.24) is 20.1 Å². The van der Waals surface area contributed by atoms with Crippen LogP contribution in [-0.2, 0) is 17.1 Å². The van der Waals surface area contributed by atoms with Crippen molar-refractivity contribution in [1.29, 1.82) is 0 Å². The molecule has 0 saturated heterocycles. The Morgan fingerprint density at radius 2 is 1.57 bits per heavy atom. The minimum atomic E-state index is -0.219. The zero-order valence-corrected chi connectivity index (χ0v) is 20.4. The van der Waals surface area contributed by atoms with Crippen LogP contribution in [0, 0.1) is 0 Å². The molecule has 0 fully saturated rings. The van der Waals surface area contributed by atoms with Gasteiger partial charge in [-0.15, -0.1) is 10.2 Å². The summed E-state index contributed by atoms with van der Waals surface area (Å²) >= 11 is 1.59. The van der Waals surface area contributed by atoms with Crippen molar-refractivity contribution in [3.8, 4) is 17.2 Å². The standard InChI is InChI=1S/C27H26N4O3S/c1-33-23-13-8-20(9-14-23)10-17-26(32)28-18-25-29-30-27(35-19-21-6-4-3-5-7-21)31(25)22-11-15-24(34-2)16-12-22/h3-17H,18-19H2,1-2H3,(H,28,32)/b17-10+. The van der Waals surface area contributed by atoms with Crippen molar-refractivity contribution in [2.24, 2.45) is 0 Å². The summed E-state index contributed by atoms with van der Waals surface area (Å²) in [5.41, 5.74) is 2.99. The van der Waals surface area contributed by atoms with Gasteiger partial charge in [-0.3, -0.25) is 9.36 Å². The van der Waals surface area contributed by atoms with E-state index in [0.717, 1.165) is 33.7 Å². The Hall–Kier alpha value is -4.04. The van der Waals surface area contributed by atoms with Crippen LogP contribution in [0.4, 0.5) is 0 Å². The highest BCUT2D eigenvalue weighted by molar-refractivity contribution is 7.98. The Kier molecular flexibility index (Phi) is 8.19. The van der Waals surface area contributed by atoms with Gasteiger partial charge in [-0.1, -0.05) is 54.2 Å². The minimum absolute atomic E-state index is 0.219. The van der Waals surface area contributed by atoms with E-state index in [1.165, 1.54) is 11.6 Å². The van der Waals surface area contributed by atoms with Gasteiger partial charge in [0, 0.05) is 17.5 Å². The van der Waals surface area contributed by atoms with E-state index in [1.54, 1.807) is 32.1 Å². The number of nitrogens with zero attached hydrogens (tertiary/aromatic N) is 3. The summed E-state index contributed by atoms with van der Waals surface area (Å²) in [5, 5.41) is 12.4. The van der Waals surface area contributed by atoms with Crippen LogP contribution in [0.5, 0.6) is 11.5 Å². The van der Waals surface area contributed by atoms with Crippen LogP contribution in [0.25, 0.3) is 11.8 Å². The number of aromatic nitrogens is 3. The van der Waals surface area contributed by atoms with Gasteiger partial charge in [0.1, 0.15) is 11.5 Å². The first-order valence-electron chi connectivity index (χ1n) is 11.0. The van der Waals surface area contributed by atoms with Crippen molar-refractivity contribution in [3.63, 3.8) is 0 Å². The molecule has 0 atom stereocenters. The van der Waals surface area contributed by atoms with Crippen LogP contribution < -0.4 is 14.8 Å². The Bertz CT molecular complexity index is 1270. The third-order valence-electron chi connectivity index (χ3n) is 5.21. The smallest absolute Gasteiger partial charge is 0.244 e. The van der Waals surface area contributed by atoms with Crippen molar-refractivity contribution in [2.45, 2.75) is 17.5 Å². The van der Waals surface area contributed by atoms with Gasteiger partial charge < -0.3 is 14.8 Å². The summed E-state index contributed by atoms with van der Waals surface area (Å²) < 4.78 is 12.4. The summed E-state index contributed by atoms with van der Waals surface area (Å²) in [5.74, 6) is 2.70. The molecule has 0 unspecified atom stereocenters. The van der Waals surface area contributed by atoms with Crippen LogP contribution >= 0.6 is 11.8 Å². The molecule has 8 heteroatoms. The monoisotopic (exact) mass is 486 g/mol. The van der Waals surface area contributed by atoms with Crippen LogP contribution in [0.2, 0.25) is 0 Å². The molecule has 1 aromatic heterocycles. The Labute approximate surface area is 208 Å². The van der Waals surface area contributed by atoms with Crippen LogP contribution in [0.3, 0.4) is 0 Å². The molecule has 0 saturated carbocycles. The third-order valence-corrected chi connectivity index (χ3v) is 6.21. The first-order valence-corrected chi connectivity index (χ1v) is 12.0. The molecule has 35 heavy (non-hydrogen) atoms. The fourth-order valence-electron chi connectivity index (χ4n) is 3.33. The molecular formula is C27H26N4O3S. The minimum Gasteiger partial charge on any atom is -0.497 e. The van der Waals surface area contributed by atoms with E-state index in [0.29, 0.717) is 5.82 Å². The summed E-state index contributed by atoms with van der Waals surface area (Å²) in [6.45, 7) is 0.233. The summed E-state index contributed by atoms with van der Waals surface area (Å²) in [7, 11) is 3.25. The van der Waals surface area contributed by atoms with Crippen molar-refractivity contribution < 1.29 is 14.3 Å². The van der Waals surface area contributed by atoms with E-state index in [9.17, 15) is 4.79 Å². The maximum absolute atomic E-state index is 12.5. The third kappa shape index (κ3) is 6.51. The highest BCUT2D eigenvalue weighted by atomic mass is 32.2. The van der Waals surface area contributed by atoms with Gasteiger partial charge in [-0.25, -0.2) is 0 Å². The summed E-state index contributed by atoms with van der Waals surface area (Å²) in [6.07, 6.45) is 3.26. The van der Waals surface area contributed by atoms with Gasteiger partial charge in [0.2, 0.25) is 5.91 Å². The Morgan fingerprint density at radius 1 is 0.914 bits per heavy atom. The van der Waals surface area contributed by atoms with Gasteiger partial charge in [0.05, 0.1) is 20.8 Å². The molecule has 3 aromatic carbocycles. The molecule has 0 aliphatic carbocycles. The lowest BCUT2D eigenvalue weighted by molar-refractivity contribution is -0.116. The molecule has 1 N–H and O–H groups in total. The number of thioether (sulfide) groups is 1. The highest BCUT2D eigenvalue weighted by Gasteiger charge is 2.15. The molecule has 7 nitrogen and oxygen atoms in total. The van der Waals surface area contributed by atoms with Crippen LogP contribution in [-0.4, -0.2) is 34.9 Å². The first-order chi connectivity index (χ1) is 17.2. The van der Waals surface area contributed by atoms with E-state index in [4.69, 9.17) is 9.47 Å². The lowest BCUT2D eigenvalue weighted by Crippen LogP contribution is -2.22. The Balaban J connectivity index is 1.48. The van der Waals surface area contributed by atoms with Gasteiger partial charge in [-0.05, 0) is 53.6 Å². The largest absolute Gasteiger partial charge is 0.497 e. The predicted octanol–water partition coefficient (Wildman–Crippen LogP) is 4.91. The number of amides is 1. The zero-order chi connectivity index (χ0) is 24.5. The van der Waals surface area contributed by atoms with E-state index >= 15 is 0 Å². The van der Waals surface area contributed by atoms with Crippen LogP contribution in [0.1, 0.15) is 17.0 Å². The number of benzene rings is 3. The second kappa shape index (κ2) is 11.9. The maximum atomic E-state index is 12.5. The molecule has 0 aliphatic rings. The highest BCUT2D eigenvalue weighted by Crippen LogP contribution is 2.26. The number of nitrogens with one attached hydrogen (secondary N) is 1. The number of hydrogen-bond donors (Lipinski definition) is 1. The number of carbonyl (C=O) groups excluding carboxylic acids is 1. The van der Waals surface area contributed by atoms with Crippen molar-refractivity contribution >= 4 is 23.7 Å². The van der Waals surface area contributed by atoms with Crippen LogP contribution in [0.15, 0.2) is 90.1 Å².